The molecule has 0 aromatic carbocycles. The van der Waals surface area contributed by atoms with E-state index in [9.17, 15) is 0 Å². The summed E-state index contributed by atoms with van der Waals surface area (Å²) in [6, 6.07) is 0. The summed E-state index contributed by atoms with van der Waals surface area (Å²) in [5.74, 6) is 0. The van der Waals surface area contributed by atoms with Crippen molar-refractivity contribution >= 4 is 0 Å². The van der Waals surface area contributed by atoms with E-state index in [-0.39, 0.29) is 0 Å². The lowest BCUT2D eigenvalue weighted by molar-refractivity contribution is 0.375. The minimum absolute atomic E-state index is 0.432. The highest BCUT2D eigenvalue weighted by atomic mass is 14.9. The first kappa shape index (κ1) is 13.0. The molecule has 0 aliphatic heterocycles. The van der Waals surface area contributed by atoms with E-state index in [0.29, 0.717) is 5.41 Å². The summed E-state index contributed by atoms with van der Waals surface area (Å²) in [6.45, 7) is 11.6. The van der Waals surface area contributed by atoms with Gasteiger partial charge in [0.05, 0.1) is 0 Å². The average Bonchev–Trinajstić information content (AvgIpc) is 2.81. The van der Waals surface area contributed by atoms with Crippen molar-refractivity contribution in [1.82, 2.24) is 5.32 Å². The molecule has 90 valence electrons. The van der Waals surface area contributed by atoms with Crippen molar-refractivity contribution in [2.75, 3.05) is 13.1 Å². The van der Waals surface area contributed by atoms with Crippen LogP contribution in [0.1, 0.15) is 66.2 Å². The monoisotopic (exact) mass is 211 g/mol. The lowest BCUT2D eigenvalue weighted by atomic mass is 9.97. The van der Waals surface area contributed by atoms with Crippen LogP contribution in [0.5, 0.6) is 0 Å². The van der Waals surface area contributed by atoms with Gasteiger partial charge in [-0.15, -0.1) is 0 Å². The van der Waals surface area contributed by atoms with Gasteiger partial charge in [0.25, 0.3) is 0 Å². The normalized spacial score (nSPS) is 19.2. The minimum Gasteiger partial charge on any atom is -0.316 e. The topological polar surface area (TPSA) is 12.0 Å². The molecule has 0 heterocycles. The van der Waals surface area contributed by atoms with Crippen molar-refractivity contribution in [3.63, 3.8) is 0 Å². The molecule has 15 heavy (non-hydrogen) atoms. The second-order valence-electron chi connectivity index (χ2n) is 6.86. The van der Waals surface area contributed by atoms with Gasteiger partial charge in [0.1, 0.15) is 0 Å². The highest BCUT2D eigenvalue weighted by Gasteiger charge is 2.35. The Labute approximate surface area is 96.0 Å². The third-order valence-electron chi connectivity index (χ3n) is 3.39. The summed E-state index contributed by atoms with van der Waals surface area (Å²) in [5.41, 5.74) is 1.19. The Morgan fingerprint density at radius 1 is 1.07 bits per heavy atom. The van der Waals surface area contributed by atoms with Gasteiger partial charge in [-0.05, 0) is 49.6 Å². The maximum absolute atomic E-state index is 3.54. The fourth-order valence-corrected chi connectivity index (χ4v) is 1.91. The molecule has 0 atom stereocenters. The predicted octanol–water partition coefficient (Wildman–Crippen LogP) is 3.98. The van der Waals surface area contributed by atoms with Crippen LogP contribution in [-0.2, 0) is 0 Å². The molecule has 1 heteroatoms. The van der Waals surface area contributed by atoms with E-state index < -0.39 is 0 Å². The highest BCUT2D eigenvalue weighted by molar-refractivity contribution is 4.87. The predicted molar refractivity (Wildman–Crippen MR) is 68.1 cm³/mol. The van der Waals surface area contributed by atoms with Crippen LogP contribution in [0.2, 0.25) is 0 Å². The second kappa shape index (κ2) is 5.34. The van der Waals surface area contributed by atoms with Crippen molar-refractivity contribution in [3.8, 4) is 0 Å². The quantitative estimate of drug-likeness (QED) is 0.628. The lowest BCUT2D eigenvalue weighted by Gasteiger charge is -2.18. The average molecular weight is 211 g/mol. The lowest BCUT2D eigenvalue weighted by Crippen LogP contribution is -2.27. The van der Waals surface area contributed by atoms with E-state index in [0.717, 1.165) is 12.0 Å². The fourth-order valence-electron chi connectivity index (χ4n) is 1.91. The molecule has 0 bridgehead atoms. The van der Waals surface area contributed by atoms with E-state index in [2.05, 4.69) is 33.0 Å². The Hall–Kier alpha value is -0.0400. The summed E-state index contributed by atoms with van der Waals surface area (Å²) in [5, 5.41) is 3.54. The van der Waals surface area contributed by atoms with Gasteiger partial charge in [-0.1, -0.05) is 40.5 Å². The second-order valence-corrected chi connectivity index (χ2v) is 6.86. The first-order valence-corrected chi connectivity index (χ1v) is 6.62. The zero-order valence-electron chi connectivity index (χ0n) is 11.2. The van der Waals surface area contributed by atoms with E-state index in [1.54, 1.807) is 0 Å². The van der Waals surface area contributed by atoms with Gasteiger partial charge in [-0.25, -0.2) is 0 Å². The van der Waals surface area contributed by atoms with Crippen molar-refractivity contribution in [2.45, 2.75) is 66.2 Å². The molecule has 1 saturated carbocycles. The molecule has 0 amide bonds. The molecule has 0 aromatic rings. The largest absolute Gasteiger partial charge is 0.316 e. The maximum Gasteiger partial charge on any atom is -0.0000126 e. The molecule has 1 aliphatic rings. The third kappa shape index (κ3) is 6.94. The molecule has 0 saturated heterocycles. The minimum atomic E-state index is 0.432. The molecule has 1 N–H and O–H groups in total. The Bertz CT molecular complexity index is 165. The molecule has 1 nitrogen and oxygen atoms in total. The summed E-state index contributed by atoms with van der Waals surface area (Å²) in [4.78, 5) is 0. The van der Waals surface area contributed by atoms with Crippen molar-refractivity contribution in [2.24, 2.45) is 10.8 Å². The number of rotatable bonds is 7. The molecule has 1 fully saturated rings. The van der Waals surface area contributed by atoms with Gasteiger partial charge in [0, 0.05) is 0 Å². The molecule has 1 rings (SSSR count). The molecule has 0 spiro atoms. The van der Waals surface area contributed by atoms with Gasteiger partial charge in [0.2, 0.25) is 0 Å². The van der Waals surface area contributed by atoms with Gasteiger partial charge < -0.3 is 5.32 Å². The van der Waals surface area contributed by atoms with Crippen molar-refractivity contribution < 1.29 is 0 Å². The first-order valence-electron chi connectivity index (χ1n) is 6.62. The number of hydrogen-bond acceptors (Lipinski definition) is 1. The maximum atomic E-state index is 3.54. The van der Waals surface area contributed by atoms with Crippen molar-refractivity contribution in [3.05, 3.63) is 0 Å². The zero-order chi connectivity index (χ0) is 11.4. The van der Waals surface area contributed by atoms with Crippen LogP contribution in [0.25, 0.3) is 0 Å². The highest BCUT2D eigenvalue weighted by Crippen LogP contribution is 2.49. The molecule has 1 aliphatic carbocycles. The molecule has 0 radical (unpaired) electrons. The van der Waals surface area contributed by atoms with E-state index >= 15 is 0 Å². The van der Waals surface area contributed by atoms with Crippen LogP contribution in [0.3, 0.4) is 0 Å². The molecular formula is C14H29N. The van der Waals surface area contributed by atoms with Gasteiger partial charge >= 0.3 is 0 Å². The Balaban J connectivity index is 1.81. The van der Waals surface area contributed by atoms with E-state index in [1.807, 2.05) is 0 Å². The number of nitrogens with one attached hydrogen (secondary N) is 1. The van der Waals surface area contributed by atoms with Gasteiger partial charge in [-0.3, -0.25) is 0 Å². The summed E-state index contributed by atoms with van der Waals surface area (Å²) >= 11 is 0. The van der Waals surface area contributed by atoms with E-state index in [4.69, 9.17) is 0 Å². The van der Waals surface area contributed by atoms with Crippen LogP contribution in [0.4, 0.5) is 0 Å². The molecular weight excluding hydrogens is 182 g/mol. The summed E-state index contributed by atoms with van der Waals surface area (Å²) in [6.07, 6.45) is 8.63. The SMILES string of the molecule is CC(C)(C)CNCCCCCC1(C)CC1. The van der Waals surface area contributed by atoms with Crippen LogP contribution in [0.15, 0.2) is 0 Å². The Morgan fingerprint density at radius 2 is 1.73 bits per heavy atom. The summed E-state index contributed by atoms with van der Waals surface area (Å²) in [7, 11) is 0. The van der Waals surface area contributed by atoms with Gasteiger partial charge in [0.15, 0.2) is 0 Å². The van der Waals surface area contributed by atoms with Crippen LogP contribution >= 0.6 is 0 Å². The third-order valence-corrected chi connectivity index (χ3v) is 3.39. The smallest absolute Gasteiger partial charge is 0.0000126 e. The fraction of sp³-hybridized carbons (Fsp3) is 1.00. The Kier molecular flexibility index (Phi) is 4.64. The zero-order valence-corrected chi connectivity index (χ0v) is 11.2. The van der Waals surface area contributed by atoms with Crippen molar-refractivity contribution in [1.29, 1.82) is 0 Å². The van der Waals surface area contributed by atoms with Crippen LogP contribution in [0, 0.1) is 10.8 Å². The van der Waals surface area contributed by atoms with E-state index in [1.165, 1.54) is 45.1 Å². The Morgan fingerprint density at radius 3 is 2.27 bits per heavy atom. The molecule has 0 unspecified atom stereocenters. The molecule has 0 aromatic heterocycles. The van der Waals surface area contributed by atoms with Crippen LogP contribution < -0.4 is 5.32 Å². The van der Waals surface area contributed by atoms with Gasteiger partial charge in [-0.2, -0.15) is 0 Å². The first-order chi connectivity index (χ1) is 6.91. The number of hydrogen-bond donors (Lipinski definition) is 1. The van der Waals surface area contributed by atoms with Crippen LogP contribution in [-0.4, -0.2) is 13.1 Å². The summed E-state index contributed by atoms with van der Waals surface area (Å²) < 4.78 is 0. The number of unbranched alkanes of at least 4 members (excludes halogenated alkanes) is 2. The standard InChI is InChI=1S/C14H29N/c1-13(2,3)12-15-11-7-5-6-8-14(4)9-10-14/h15H,5-12H2,1-4H3.